The fourth-order valence-corrected chi connectivity index (χ4v) is 4.54. The van der Waals surface area contributed by atoms with Gasteiger partial charge in [0.15, 0.2) is 0 Å². The highest BCUT2D eigenvalue weighted by atomic mass is 32.2. The second-order valence-corrected chi connectivity index (χ2v) is 9.49. The first kappa shape index (κ1) is 24.7. The van der Waals surface area contributed by atoms with Gasteiger partial charge in [0.2, 0.25) is 15.9 Å². The van der Waals surface area contributed by atoms with E-state index in [2.05, 4.69) is 15.4 Å². The molecule has 1 aliphatic carbocycles. The minimum absolute atomic E-state index is 0.0231. The SMILES string of the molecule is O=C(NCCNS(=O)(=O)c1ccc(C(F)(F)F)cc1)c1ccc(NC(=O)C2CCCC2)cc1. The largest absolute Gasteiger partial charge is 0.416 e. The van der Waals surface area contributed by atoms with Crippen LogP contribution >= 0.6 is 0 Å². The number of hydrogen-bond acceptors (Lipinski definition) is 4. The predicted octanol–water partition coefficient (Wildman–Crippen LogP) is 3.54. The van der Waals surface area contributed by atoms with E-state index in [0.29, 0.717) is 23.4 Å². The van der Waals surface area contributed by atoms with Crippen LogP contribution in [0.1, 0.15) is 41.6 Å². The Kier molecular flexibility index (Phi) is 7.75. The molecule has 1 aliphatic rings. The molecule has 0 bridgehead atoms. The number of amides is 2. The minimum atomic E-state index is -4.56. The van der Waals surface area contributed by atoms with E-state index < -0.39 is 27.7 Å². The summed E-state index contributed by atoms with van der Waals surface area (Å²) < 4.78 is 64.4. The number of benzene rings is 2. The summed E-state index contributed by atoms with van der Waals surface area (Å²) in [5.74, 6) is -0.429. The van der Waals surface area contributed by atoms with Gasteiger partial charge in [-0.25, -0.2) is 13.1 Å². The summed E-state index contributed by atoms with van der Waals surface area (Å²) in [5, 5.41) is 5.39. The molecule has 33 heavy (non-hydrogen) atoms. The van der Waals surface area contributed by atoms with Gasteiger partial charge in [-0.3, -0.25) is 9.59 Å². The van der Waals surface area contributed by atoms with Gasteiger partial charge in [-0.05, 0) is 61.4 Å². The first-order chi connectivity index (χ1) is 15.6. The molecule has 178 valence electrons. The quantitative estimate of drug-likeness (QED) is 0.500. The van der Waals surface area contributed by atoms with Crippen molar-refractivity contribution in [2.75, 3.05) is 18.4 Å². The molecule has 0 radical (unpaired) electrons. The number of nitrogens with one attached hydrogen (secondary N) is 3. The molecule has 0 saturated heterocycles. The Labute approximate surface area is 189 Å². The van der Waals surface area contributed by atoms with Gasteiger partial charge in [0.1, 0.15) is 0 Å². The number of rotatable bonds is 8. The molecule has 0 atom stereocenters. The van der Waals surface area contributed by atoms with Crippen LogP contribution in [0.15, 0.2) is 53.4 Å². The van der Waals surface area contributed by atoms with Gasteiger partial charge >= 0.3 is 6.18 Å². The zero-order chi connectivity index (χ0) is 24.1. The Morgan fingerprint density at radius 2 is 1.52 bits per heavy atom. The highest BCUT2D eigenvalue weighted by Crippen LogP contribution is 2.29. The molecule has 0 unspecified atom stereocenters. The van der Waals surface area contributed by atoms with Crippen molar-refractivity contribution in [2.24, 2.45) is 5.92 Å². The summed E-state index contributed by atoms with van der Waals surface area (Å²) in [7, 11) is -4.02. The normalized spacial score (nSPS) is 14.8. The van der Waals surface area contributed by atoms with Crippen LogP contribution in [-0.4, -0.2) is 33.3 Å². The maximum Gasteiger partial charge on any atom is 0.416 e. The van der Waals surface area contributed by atoms with Crippen molar-refractivity contribution < 1.29 is 31.2 Å². The van der Waals surface area contributed by atoms with Crippen LogP contribution in [0.4, 0.5) is 18.9 Å². The molecule has 7 nitrogen and oxygen atoms in total. The number of sulfonamides is 1. The maximum absolute atomic E-state index is 12.6. The summed E-state index contributed by atoms with van der Waals surface area (Å²) >= 11 is 0. The highest BCUT2D eigenvalue weighted by Gasteiger charge is 2.30. The van der Waals surface area contributed by atoms with Crippen molar-refractivity contribution in [2.45, 2.75) is 36.8 Å². The zero-order valence-electron chi connectivity index (χ0n) is 17.6. The Morgan fingerprint density at radius 3 is 2.09 bits per heavy atom. The van der Waals surface area contributed by atoms with E-state index in [0.717, 1.165) is 37.8 Å². The maximum atomic E-state index is 12.6. The summed E-state index contributed by atoms with van der Waals surface area (Å²) in [4.78, 5) is 24.1. The molecule has 2 aromatic carbocycles. The number of alkyl halides is 3. The first-order valence-electron chi connectivity index (χ1n) is 10.4. The fourth-order valence-electron chi connectivity index (χ4n) is 3.51. The van der Waals surface area contributed by atoms with Gasteiger partial charge < -0.3 is 10.6 Å². The number of hydrogen-bond donors (Lipinski definition) is 3. The third-order valence-electron chi connectivity index (χ3n) is 5.34. The van der Waals surface area contributed by atoms with Gasteiger partial charge in [-0.15, -0.1) is 0 Å². The Bertz CT molecular complexity index is 1080. The Hall–Kier alpha value is -2.92. The van der Waals surface area contributed by atoms with Crippen molar-refractivity contribution in [3.05, 3.63) is 59.7 Å². The van der Waals surface area contributed by atoms with Gasteiger partial charge in [0, 0.05) is 30.3 Å². The molecule has 3 rings (SSSR count). The van der Waals surface area contributed by atoms with Crippen LogP contribution in [0, 0.1) is 5.92 Å². The van der Waals surface area contributed by atoms with Crippen molar-refractivity contribution in [1.82, 2.24) is 10.0 Å². The van der Waals surface area contributed by atoms with E-state index in [4.69, 9.17) is 0 Å². The summed E-state index contributed by atoms with van der Waals surface area (Å²) in [6.07, 6.45) is -0.682. The number of halogens is 3. The molecule has 1 fully saturated rings. The van der Waals surface area contributed by atoms with E-state index in [1.165, 1.54) is 0 Å². The van der Waals surface area contributed by atoms with Gasteiger partial charge in [0.05, 0.1) is 10.5 Å². The lowest BCUT2D eigenvalue weighted by Crippen LogP contribution is -2.34. The number of carbonyl (C=O) groups excluding carboxylic acids is 2. The zero-order valence-corrected chi connectivity index (χ0v) is 18.4. The molecule has 2 amide bonds. The molecule has 0 spiro atoms. The number of carbonyl (C=O) groups is 2. The van der Waals surface area contributed by atoms with Crippen LogP contribution in [0.25, 0.3) is 0 Å². The van der Waals surface area contributed by atoms with E-state index in [9.17, 15) is 31.2 Å². The lowest BCUT2D eigenvalue weighted by molar-refractivity contribution is -0.137. The van der Waals surface area contributed by atoms with Crippen molar-refractivity contribution in [3.63, 3.8) is 0 Å². The molecule has 1 saturated carbocycles. The molecular weight excluding hydrogens is 459 g/mol. The van der Waals surface area contributed by atoms with Crippen LogP contribution < -0.4 is 15.4 Å². The number of anilines is 1. The van der Waals surface area contributed by atoms with Crippen LogP contribution in [-0.2, 0) is 21.0 Å². The Morgan fingerprint density at radius 1 is 0.909 bits per heavy atom. The third-order valence-corrected chi connectivity index (χ3v) is 6.81. The molecule has 0 heterocycles. The minimum Gasteiger partial charge on any atom is -0.351 e. The van der Waals surface area contributed by atoms with E-state index >= 15 is 0 Å². The summed E-state index contributed by atoms with van der Waals surface area (Å²) in [5.41, 5.74) is -0.0231. The standard InChI is InChI=1S/C22H24F3N3O4S/c23-22(24,25)17-7-11-19(12-8-17)33(31,32)27-14-13-26-20(29)16-5-9-18(10-6-16)28-21(30)15-3-1-2-4-15/h5-12,15,27H,1-4,13-14H2,(H,26,29)(H,28,30). The van der Waals surface area contributed by atoms with Crippen LogP contribution in [0.5, 0.6) is 0 Å². The van der Waals surface area contributed by atoms with Crippen LogP contribution in [0.3, 0.4) is 0 Å². The van der Waals surface area contributed by atoms with E-state index in [-0.39, 0.29) is 29.8 Å². The van der Waals surface area contributed by atoms with Gasteiger partial charge in [-0.1, -0.05) is 12.8 Å². The molecular formula is C22H24F3N3O4S. The van der Waals surface area contributed by atoms with Gasteiger partial charge in [0.25, 0.3) is 5.91 Å². The average Bonchev–Trinajstić information content (AvgIpc) is 3.32. The van der Waals surface area contributed by atoms with Crippen molar-refractivity contribution in [3.8, 4) is 0 Å². The topological polar surface area (TPSA) is 104 Å². The highest BCUT2D eigenvalue weighted by molar-refractivity contribution is 7.89. The smallest absolute Gasteiger partial charge is 0.351 e. The molecule has 11 heteroatoms. The Balaban J connectivity index is 1.45. The molecule has 0 aliphatic heterocycles. The van der Waals surface area contributed by atoms with Crippen molar-refractivity contribution in [1.29, 1.82) is 0 Å². The van der Waals surface area contributed by atoms with E-state index in [1.807, 2.05) is 0 Å². The summed E-state index contributed by atoms with van der Waals surface area (Å²) in [6.45, 7) is -0.177. The lowest BCUT2D eigenvalue weighted by Gasteiger charge is -2.11. The molecule has 2 aromatic rings. The first-order valence-corrected chi connectivity index (χ1v) is 11.9. The molecule has 3 N–H and O–H groups in total. The lowest BCUT2D eigenvalue weighted by atomic mass is 10.1. The molecule has 0 aromatic heterocycles. The average molecular weight is 484 g/mol. The fraction of sp³-hybridized carbons (Fsp3) is 0.364. The predicted molar refractivity (Wildman–Crippen MR) is 116 cm³/mol. The summed E-state index contributed by atoms with van der Waals surface area (Å²) in [6, 6.07) is 9.46. The third kappa shape index (κ3) is 6.78. The van der Waals surface area contributed by atoms with Gasteiger partial charge in [-0.2, -0.15) is 13.2 Å². The van der Waals surface area contributed by atoms with E-state index in [1.54, 1.807) is 24.3 Å². The second-order valence-electron chi connectivity index (χ2n) is 7.72. The van der Waals surface area contributed by atoms with Crippen molar-refractivity contribution >= 4 is 27.5 Å². The monoisotopic (exact) mass is 483 g/mol. The van der Waals surface area contributed by atoms with Crippen LogP contribution in [0.2, 0.25) is 0 Å². The second kappa shape index (κ2) is 10.3.